The van der Waals surface area contributed by atoms with E-state index in [0.717, 1.165) is 4.90 Å². The summed E-state index contributed by atoms with van der Waals surface area (Å²) in [7, 11) is 0. The molecule has 1 fully saturated rings. The molecule has 176 valence electrons. The molecule has 0 spiro atoms. The van der Waals surface area contributed by atoms with Crippen LogP contribution in [-0.2, 0) is 14.4 Å². The van der Waals surface area contributed by atoms with Crippen LogP contribution in [0, 0.1) is 10.1 Å². The number of rotatable bonds is 5. The molecule has 3 aromatic rings. The first-order valence-electron chi connectivity index (χ1n) is 10.4. The monoisotopic (exact) mass is 491 g/mol. The lowest BCUT2D eigenvalue weighted by molar-refractivity contribution is -0.385. The van der Waals surface area contributed by atoms with Crippen LogP contribution in [0.4, 0.5) is 17.1 Å². The number of carbonyl (C=O) groups excluding carboxylic acids is 3. The Morgan fingerprint density at radius 3 is 2.26 bits per heavy atom. The Hall–Kier alpha value is -4.50. The molecule has 1 aliphatic heterocycles. The number of hydrogen-bond acceptors (Lipinski definition) is 6. The van der Waals surface area contributed by atoms with Crippen LogP contribution < -0.4 is 10.2 Å². The predicted octanol–water partition coefficient (Wildman–Crippen LogP) is 4.83. The van der Waals surface area contributed by atoms with Crippen LogP contribution in [0.2, 0.25) is 5.02 Å². The van der Waals surface area contributed by atoms with Gasteiger partial charge in [-0.05, 0) is 54.6 Å². The van der Waals surface area contributed by atoms with Gasteiger partial charge < -0.3 is 10.4 Å². The minimum atomic E-state index is -1.28. The van der Waals surface area contributed by atoms with Gasteiger partial charge in [0, 0.05) is 35.0 Å². The van der Waals surface area contributed by atoms with E-state index in [0.29, 0.717) is 10.7 Å². The number of amides is 2. The third kappa shape index (κ3) is 4.49. The van der Waals surface area contributed by atoms with Crippen LogP contribution in [0.25, 0.3) is 5.76 Å². The highest BCUT2D eigenvalue weighted by atomic mass is 35.5. The van der Waals surface area contributed by atoms with Gasteiger partial charge in [0.05, 0.1) is 16.1 Å². The second-order valence-electron chi connectivity index (χ2n) is 7.72. The normalized spacial score (nSPS) is 16.9. The fraction of sp³-hybridized carbons (Fsp3) is 0.0800. The minimum absolute atomic E-state index is 0.0538. The van der Waals surface area contributed by atoms with Gasteiger partial charge in [-0.2, -0.15) is 0 Å². The first-order valence-corrected chi connectivity index (χ1v) is 10.7. The molecule has 35 heavy (non-hydrogen) atoms. The van der Waals surface area contributed by atoms with Crippen molar-refractivity contribution < 1.29 is 24.4 Å². The summed E-state index contributed by atoms with van der Waals surface area (Å²) in [5, 5.41) is 25.9. The predicted molar refractivity (Wildman–Crippen MR) is 130 cm³/mol. The number of anilines is 2. The number of nitrogens with zero attached hydrogens (tertiary/aromatic N) is 2. The molecule has 1 atom stereocenters. The van der Waals surface area contributed by atoms with Gasteiger partial charge >= 0.3 is 0 Å². The molecule has 1 heterocycles. The summed E-state index contributed by atoms with van der Waals surface area (Å²) in [6, 6.07) is 16.5. The average molecular weight is 492 g/mol. The van der Waals surface area contributed by atoms with Crippen molar-refractivity contribution >= 4 is 52.0 Å². The van der Waals surface area contributed by atoms with E-state index in [1.807, 2.05) is 0 Å². The molecular weight excluding hydrogens is 474 g/mol. The van der Waals surface area contributed by atoms with E-state index in [1.54, 1.807) is 6.07 Å². The lowest BCUT2D eigenvalue weighted by Crippen LogP contribution is -2.29. The maximum atomic E-state index is 13.2. The molecule has 2 amide bonds. The lowest BCUT2D eigenvalue weighted by Gasteiger charge is -2.25. The molecule has 0 bridgehead atoms. The molecule has 1 aliphatic rings. The van der Waals surface area contributed by atoms with Gasteiger partial charge in [0.25, 0.3) is 17.4 Å². The first-order chi connectivity index (χ1) is 16.7. The van der Waals surface area contributed by atoms with E-state index >= 15 is 0 Å². The molecule has 1 saturated heterocycles. The summed E-state index contributed by atoms with van der Waals surface area (Å²) in [6.07, 6.45) is 0. The number of benzene rings is 3. The Labute approximate surface area is 204 Å². The molecule has 10 heteroatoms. The fourth-order valence-electron chi connectivity index (χ4n) is 3.95. The molecular formula is C25H18ClN3O6. The van der Waals surface area contributed by atoms with Crippen molar-refractivity contribution in [1.82, 2.24) is 0 Å². The second-order valence-corrected chi connectivity index (χ2v) is 8.16. The zero-order valence-corrected chi connectivity index (χ0v) is 19.0. The maximum Gasteiger partial charge on any atom is 0.300 e. The number of nitro benzene ring substituents is 1. The third-order valence-corrected chi connectivity index (χ3v) is 5.71. The number of aliphatic hydroxyl groups excluding tert-OH is 1. The van der Waals surface area contributed by atoms with E-state index < -0.39 is 28.4 Å². The molecule has 2 N–H and O–H groups in total. The zero-order valence-electron chi connectivity index (χ0n) is 18.3. The molecule has 3 aromatic carbocycles. The second kappa shape index (κ2) is 9.40. The summed E-state index contributed by atoms with van der Waals surface area (Å²) < 4.78 is 0. The van der Waals surface area contributed by atoms with Crippen molar-refractivity contribution in [1.29, 1.82) is 0 Å². The highest BCUT2D eigenvalue weighted by Gasteiger charge is 2.48. The van der Waals surface area contributed by atoms with Gasteiger partial charge in [-0.15, -0.1) is 0 Å². The smallest absolute Gasteiger partial charge is 0.300 e. The number of nitrogens with one attached hydrogen (secondary N) is 1. The third-order valence-electron chi connectivity index (χ3n) is 5.46. The summed E-state index contributed by atoms with van der Waals surface area (Å²) in [4.78, 5) is 50.0. The fourth-order valence-corrected chi connectivity index (χ4v) is 4.08. The minimum Gasteiger partial charge on any atom is -0.507 e. The molecule has 9 nitrogen and oxygen atoms in total. The van der Waals surface area contributed by atoms with Crippen molar-refractivity contribution in [2.75, 3.05) is 10.2 Å². The van der Waals surface area contributed by atoms with Crippen molar-refractivity contribution in [2.45, 2.75) is 13.0 Å². The van der Waals surface area contributed by atoms with E-state index in [1.165, 1.54) is 73.7 Å². The van der Waals surface area contributed by atoms with Gasteiger partial charge in [-0.3, -0.25) is 29.4 Å². The summed E-state index contributed by atoms with van der Waals surface area (Å²) in [6.45, 7) is 1.34. The van der Waals surface area contributed by atoms with Gasteiger partial charge in [0.2, 0.25) is 5.91 Å². The highest BCUT2D eigenvalue weighted by molar-refractivity contribution is 6.51. The van der Waals surface area contributed by atoms with Crippen molar-refractivity contribution in [3.05, 3.63) is 105 Å². The Morgan fingerprint density at radius 2 is 1.66 bits per heavy atom. The van der Waals surface area contributed by atoms with Crippen LogP contribution in [0.1, 0.15) is 24.1 Å². The molecule has 0 saturated carbocycles. The van der Waals surface area contributed by atoms with Crippen LogP contribution >= 0.6 is 11.6 Å². The van der Waals surface area contributed by atoms with E-state index in [9.17, 15) is 29.6 Å². The number of para-hydroxylation sites is 1. The van der Waals surface area contributed by atoms with Crippen molar-refractivity contribution in [3.8, 4) is 0 Å². The van der Waals surface area contributed by atoms with Gasteiger partial charge in [0.15, 0.2) is 0 Å². The summed E-state index contributed by atoms with van der Waals surface area (Å²) in [5.74, 6) is -2.73. The number of ketones is 1. The Kier molecular flexibility index (Phi) is 6.35. The first kappa shape index (κ1) is 23.7. The van der Waals surface area contributed by atoms with E-state index in [4.69, 9.17) is 11.6 Å². The summed E-state index contributed by atoms with van der Waals surface area (Å²) >= 11 is 5.93. The number of nitro groups is 1. The van der Waals surface area contributed by atoms with Gasteiger partial charge in [-0.25, -0.2) is 0 Å². The number of carbonyl (C=O) groups is 3. The zero-order chi connectivity index (χ0) is 25.3. The maximum absolute atomic E-state index is 13.2. The van der Waals surface area contributed by atoms with Crippen molar-refractivity contribution in [3.63, 3.8) is 0 Å². The molecule has 0 radical (unpaired) electrons. The summed E-state index contributed by atoms with van der Waals surface area (Å²) in [5.41, 5.74) is 0.370. The number of aliphatic hydroxyl groups is 1. The Morgan fingerprint density at radius 1 is 1.03 bits per heavy atom. The number of halogens is 1. The van der Waals surface area contributed by atoms with Crippen molar-refractivity contribution in [2.24, 2.45) is 0 Å². The number of Topliss-reactive ketones (excluding diaryl/α,β-unsaturated/α-hetero) is 1. The molecule has 0 unspecified atom stereocenters. The van der Waals surface area contributed by atoms with Crippen LogP contribution in [0.5, 0.6) is 0 Å². The average Bonchev–Trinajstić information content (AvgIpc) is 3.09. The Balaban J connectivity index is 1.94. The lowest BCUT2D eigenvalue weighted by atomic mass is 9.94. The van der Waals surface area contributed by atoms with E-state index in [-0.39, 0.29) is 34.0 Å². The highest BCUT2D eigenvalue weighted by Crippen LogP contribution is 2.44. The number of hydrogen-bond donors (Lipinski definition) is 2. The van der Waals surface area contributed by atoms with Gasteiger partial charge in [0.1, 0.15) is 11.8 Å². The molecule has 4 rings (SSSR count). The Bertz CT molecular complexity index is 1380. The standard InChI is InChI=1S/C25H18ClN3O6/c1-14(30)27-17-10-12-18(13-11-17)28-22(19-4-2-3-5-20(19)29(34)35)21(24(32)25(28)33)23(31)15-6-8-16(26)9-7-15/h2-13,22,31H,1H3,(H,27,30)/b23-21+/t22-/m0/s1. The van der Waals surface area contributed by atoms with Crippen LogP contribution in [-0.4, -0.2) is 27.6 Å². The SMILES string of the molecule is CC(=O)Nc1ccc(N2C(=O)C(=O)/C(=C(/O)c3ccc(Cl)cc3)[C@@H]2c2ccccc2[N+](=O)[O-])cc1. The van der Waals surface area contributed by atoms with Gasteiger partial charge in [-0.1, -0.05) is 23.7 Å². The molecule has 0 aliphatic carbocycles. The quantitative estimate of drug-likeness (QED) is 0.173. The largest absolute Gasteiger partial charge is 0.507 e. The van der Waals surface area contributed by atoms with Crippen LogP contribution in [0.15, 0.2) is 78.4 Å². The van der Waals surface area contributed by atoms with E-state index in [2.05, 4.69) is 5.32 Å². The topological polar surface area (TPSA) is 130 Å². The molecule has 0 aromatic heterocycles. The van der Waals surface area contributed by atoms with Crippen LogP contribution in [0.3, 0.4) is 0 Å².